The van der Waals surface area contributed by atoms with Gasteiger partial charge in [0.1, 0.15) is 0 Å². The second-order valence-corrected chi connectivity index (χ2v) is 9.88. The Labute approximate surface area is 186 Å². The molecule has 0 unspecified atom stereocenters. The van der Waals surface area contributed by atoms with Crippen LogP contribution in [0.5, 0.6) is 0 Å². The zero-order valence-electron chi connectivity index (χ0n) is 20.6. The highest BCUT2D eigenvalue weighted by molar-refractivity contribution is 4.66. The van der Waals surface area contributed by atoms with Crippen LogP contribution in [0.25, 0.3) is 0 Å². The summed E-state index contributed by atoms with van der Waals surface area (Å²) in [6.07, 6.45) is 33.9. The highest BCUT2D eigenvalue weighted by Crippen LogP contribution is 2.25. The highest BCUT2D eigenvalue weighted by Gasteiger charge is 2.10. The van der Waals surface area contributed by atoms with E-state index in [1.807, 2.05) is 0 Å². The average Bonchev–Trinajstić information content (AvgIpc) is 2.70. The lowest BCUT2D eigenvalue weighted by atomic mass is 9.87. The van der Waals surface area contributed by atoms with Crippen LogP contribution in [0.1, 0.15) is 149 Å². The van der Waals surface area contributed by atoms with E-state index >= 15 is 0 Å². The van der Waals surface area contributed by atoms with Gasteiger partial charge in [-0.2, -0.15) is 0 Å². The van der Waals surface area contributed by atoms with Crippen LogP contribution in [0.3, 0.4) is 0 Å². The van der Waals surface area contributed by atoms with Crippen molar-refractivity contribution in [2.45, 2.75) is 149 Å². The topological polar surface area (TPSA) is 0 Å². The van der Waals surface area contributed by atoms with Gasteiger partial charge in [-0.1, -0.05) is 129 Å². The summed E-state index contributed by atoms with van der Waals surface area (Å²) >= 11 is 0. The van der Waals surface area contributed by atoms with Crippen molar-refractivity contribution in [2.75, 3.05) is 0 Å². The van der Waals surface area contributed by atoms with Crippen molar-refractivity contribution in [2.24, 2.45) is 11.8 Å². The number of hydrogen-bond acceptors (Lipinski definition) is 0. The standard InChI is InChI=1S/C29H56/c1-5-7-9-11-13-15-17-19-21-23-25-29(27-28(3)4)26-24-22-20-18-16-14-12-10-8-6-2/h5-6,28-29H,1-2,7-27H2,3-4H3. The fourth-order valence-corrected chi connectivity index (χ4v) is 4.61. The first-order valence-corrected chi connectivity index (χ1v) is 13.4. The Morgan fingerprint density at radius 3 is 1.10 bits per heavy atom. The third-order valence-electron chi connectivity index (χ3n) is 6.35. The molecule has 0 amide bonds. The molecule has 0 aliphatic rings. The molecule has 0 aliphatic carbocycles. The molecular formula is C29H56. The Morgan fingerprint density at radius 1 is 0.483 bits per heavy atom. The number of unbranched alkanes of at least 4 members (excludes halogenated alkanes) is 16. The normalized spacial score (nSPS) is 11.4. The summed E-state index contributed by atoms with van der Waals surface area (Å²) in [4.78, 5) is 0. The van der Waals surface area contributed by atoms with Gasteiger partial charge in [-0.25, -0.2) is 0 Å². The second-order valence-electron chi connectivity index (χ2n) is 9.88. The van der Waals surface area contributed by atoms with E-state index in [4.69, 9.17) is 0 Å². The van der Waals surface area contributed by atoms with Crippen LogP contribution in [0.4, 0.5) is 0 Å². The first-order chi connectivity index (χ1) is 14.2. The van der Waals surface area contributed by atoms with Gasteiger partial charge in [-0.3, -0.25) is 0 Å². The molecule has 0 rings (SSSR count). The molecule has 0 N–H and O–H groups in total. The summed E-state index contributed by atoms with van der Waals surface area (Å²) in [7, 11) is 0. The van der Waals surface area contributed by atoms with E-state index in [9.17, 15) is 0 Å². The van der Waals surface area contributed by atoms with Crippen LogP contribution in [0, 0.1) is 11.8 Å². The van der Waals surface area contributed by atoms with Gasteiger partial charge in [0.2, 0.25) is 0 Å². The van der Waals surface area contributed by atoms with Gasteiger partial charge < -0.3 is 0 Å². The first kappa shape index (κ1) is 28.5. The van der Waals surface area contributed by atoms with E-state index in [-0.39, 0.29) is 0 Å². The lowest BCUT2D eigenvalue weighted by molar-refractivity contribution is 0.338. The number of rotatable bonds is 24. The summed E-state index contributed by atoms with van der Waals surface area (Å²) in [5, 5.41) is 0. The third-order valence-corrected chi connectivity index (χ3v) is 6.35. The maximum Gasteiger partial charge on any atom is -0.0353 e. The van der Waals surface area contributed by atoms with Crippen molar-refractivity contribution in [1.82, 2.24) is 0 Å². The van der Waals surface area contributed by atoms with Gasteiger partial charge in [0.05, 0.1) is 0 Å². The van der Waals surface area contributed by atoms with Crippen LogP contribution < -0.4 is 0 Å². The molecule has 29 heavy (non-hydrogen) atoms. The molecule has 0 nitrogen and oxygen atoms in total. The molecule has 0 fully saturated rings. The van der Waals surface area contributed by atoms with Crippen molar-refractivity contribution in [1.29, 1.82) is 0 Å². The summed E-state index contributed by atoms with van der Waals surface area (Å²) in [5.41, 5.74) is 0. The van der Waals surface area contributed by atoms with E-state index in [1.165, 1.54) is 135 Å². The van der Waals surface area contributed by atoms with Gasteiger partial charge in [0, 0.05) is 0 Å². The number of hydrogen-bond donors (Lipinski definition) is 0. The molecular weight excluding hydrogens is 348 g/mol. The predicted octanol–water partition coefficient (Wildman–Crippen LogP) is 10.8. The average molecular weight is 405 g/mol. The zero-order valence-corrected chi connectivity index (χ0v) is 20.6. The van der Waals surface area contributed by atoms with Crippen LogP contribution in [0.2, 0.25) is 0 Å². The molecule has 0 atom stereocenters. The minimum atomic E-state index is 0.867. The molecule has 0 aromatic rings. The molecule has 0 radical (unpaired) electrons. The fourth-order valence-electron chi connectivity index (χ4n) is 4.61. The fraction of sp³-hybridized carbons (Fsp3) is 0.862. The minimum Gasteiger partial charge on any atom is -0.103 e. The Morgan fingerprint density at radius 2 is 0.793 bits per heavy atom. The molecule has 0 spiro atoms. The smallest absolute Gasteiger partial charge is 0.0353 e. The van der Waals surface area contributed by atoms with Crippen molar-refractivity contribution in [3.05, 3.63) is 25.3 Å². The largest absolute Gasteiger partial charge is 0.103 e. The van der Waals surface area contributed by atoms with Crippen molar-refractivity contribution in [3.63, 3.8) is 0 Å². The Balaban J connectivity index is 3.57. The molecule has 0 heterocycles. The summed E-state index contributed by atoms with van der Waals surface area (Å²) in [6.45, 7) is 12.4. The molecule has 172 valence electrons. The first-order valence-electron chi connectivity index (χ1n) is 13.4. The van der Waals surface area contributed by atoms with Crippen LogP contribution in [0.15, 0.2) is 25.3 Å². The summed E-state index contributed by atoms with van der Waals surface area (Å²) in [6, 6.07) is 0. The predicted molar refractivity (Wildman–Crippen MR) is 136 cm³/mol. The molecule has 0 aromatic carbocycles. The Kier molecular flexibility index (Phi) is 23.3. The highest BCUT2D eigenvalue weighted by atomic mass is 14.2. The molecule has 0 saturated heterocycles. The van der Waals surface area contributed by atoms with E-state index in [0.717, 1.165) is 11.8 Å². The van der Waals surface area contributed by atoms with Gasteiger partial charge in [0.25, 0.3) is 0 Å². The second kappa shape index (κ2) is 23.8. The molecule has 0 saturated carbocycles. The summed E-state index contributed by atoms with van der Waals surface area (Å²) < 4.78 is 0. The molecule has 0 aromatic heterocycles. The Bertz CT molecular complexity index is 299. The minimum absolute atomic E-state index is 0.867. The van der Waals surface area contributed by atoms with E-state index in [0.29, 0.717) is 0 Å². The van der Waals surface area contributed by atoms with E-state index in [2.05, 4.69) is 39.2 Å². The van der Waals surface area contributed by atoms with Crippen molar-refractivity contribution < 1.29 is 0 Å². The van der Waals surface area contributed by atoms with E-state index < -0.39 is 0 Å². The van der Waals surface area contributed by atoms with Crippen LogP contribution in [-0.2, 0) is 0 Å². The van der Waals surface area contributed by atoms with Crippen LogP contribution in [-0.4, -0.2) is 0 Å². The Hall–Kier alpha value is -0.520. The van der Waals surface area contributed by atoms with Gasteiger partial charge >= 0.3 is 0 Å². The lowest BCUT2D eigenvalue weighted by Crippen LogP contribution is -2.05. The SMILES string of the molecule is C=CCCCCCCCCCCC(CCCCCCCCCCC=C)CC(C)C. The van der Waals surface area contributed by atoms with Gasteiger partial charge in [0.15, 0.2) is 0 Å². The lowest BCUT2D eigenvalue weighted by Gasteiger charge is -2.19. The van der Waals surface area contributed by atoms with E-state index in [1.54, 1.807) is 0 Å². The van der Waals surface area contributed by atoms with Gasteiger partial charge in [-0.05, 0) is 43.9 Å². The maximum atomic E-state index is 3.80. The third kappa shape index (κ3) is 23.6. The number of allylic oxidation sites excluding steroid dienone is 2. The van der Waals surface area contributed by atoms with Crippen molar-refractivity contribution >= 4 is 0 Å². The monoisotopic (exact) mass is 404 g/mol. The molecule has 0 aliphatic heterocycles. The zero-order chi connectivity index (χ0) is 21.4. The summed E-state index contributed by atoms with van der Waals surface area (Å²) in [5.74, 6) is 1.86. The maximum absolute atomic E-state index is 3.80. The quantitative estimate of drug-likeness (QED) is 0.111. The van der Waals surface area contributed by atoms with Crippen LogP contribution >= 0.6 is 0 Å². The molecule has 0 heteroatoms. The molecule has 0 bridgehead atoms. The van der Waals surface area contributed by atoms with Crippen molar-refractivity contribution in [3.8, 4) is 0 Å². The van der Waals surface area contributed by atoms with Gasteiger partial charge in [-0.15, -0.1) is 13.2 Å².